The summed E-state index contributed by atoms with van der Waals surface area (Å²) in [6.45, 7) is 8.15. The summed E-state index contributed by atoms with van der Waals surface area (Å²) >= 11 is 0. The Balaban J connectivity index is 1.09. The first-order valence-corrected chi connectivity index (χ1v) is 16.8. The zero-order valence-corrected chi connectivity index (χ0v) is 27.7. The van der Waals surface area contributed by atoms with Gasteiger partial charge in [-0.1, -0.05) is 30.3 Å². The molecular weight excluding hydrogens is 576 g/mol. The lowest BCUT2D eigenvalue weighted by Crippen LogP contribution is -2.56. The highest BCUT2D eigenvalue weighted by atomic mass is 32.2. The molecule has 0 amide bonds. The van der Waals surface area contributed by atoms with Crippen molar-refractivity contribution in [3.05, 3.63) is 71.4 Å². The van der Waals surface area contributed by atoms with Crippen LogP contribution in [0.4, 0.5) is 5.82 Å². The Bertz CT molecular complexity index is 1500. The molecule has 2 saturated heterocycles. The summed E-state index contributed by atoms with van der Waals surface area (Å²) in [7, 11) is 4.37. The highest BCUT2D eigenvalue weighted by Gasteiger charge is 2.40. The predicted molar refractivity (Wildman–Crippen MR) is 173 cm³/mol. The number of aryl methyl sites for hydroxylation is 2. The van der Waals surface area contributed by atoms with Crippen molar-refractivity contribution < 1.29 is 17.9 Å². The molecule has 2 aliphatic heterocycles. The maximum absolute atomic E-state index is 13.3. The van der Waals surface area contributed by atoms with Gasteiger partial charge in [0, 0.05) is 38.4 Å². The van der Waals surface area contributed by atoms with Gasteiger partial charge in [-0.25, -0.2) is 13.4 Å². The van der Waals surface area contributed by atoms with Crippen LogP contribution in [0.1, 0.15) is 36.0 Å². The van der Waals surface area contributed by atoms with Crippen LogP contribution in [0, 0.1) is 13.8 Å². The molecule has 10 nitrogen and oxygen atoms in total. The van der Waals surface area contributed by atoms with Crippen LogP contribution in [-0.4, -0.2) is 106 Å². The number of aromatic nitrogens is 2. The van der Waals surface area contributed by atoms with Crippen molar-refractivity contribution in [2.75, 3.05) is 72.4 Å². The zero-order valence-electron chi connectivity index (χ0n) is 26.9. The lowest BCUT2D eigenvalue weighted by molar-refractivity contribution is 0.0537. The lowest BCUT2D eigenvalue weighted by Gasteiger charge is -2.46. The van der Waals surface area contributed by atoms with E-state index in [1.54, 1.807) is 39.3 Å². The minimum atomic E-state index is -3.64. The molecule has 0 atom stereocenters. The summed E-state index contributed by atoms with van der Waals surface area (Å²) in [5.74, 6) is 1.43. The van der Waals surface area contributed by atoms with Gasteiger partial charge < -0.3 is 19.3 Å². The van der Waals surface area contributed by atoms with Crippen molar-refractivity contribution >= 4 is 15.8 Å². The van der Waals surface area contributed by atoms with Crippen LogP contribution in [0.2, 0.25) is 0 Å². The van der Waals surface area contributed by atoms with Gasteiger partial charge in [0.1, 0.15) is 17.7 Å². The minimum absolute atomic E-state index is 0.0983. The van der Waals surface area contributed by atoms with Crippen LogP contribution in [0.5, 0.6) is 11.8 Å². The molecule has 0 spiro atoms. The molecule has 5 rings (SSSR count). The number of benzene rings is 2. The maximum atomic E-state index is 13.3. The molecule has 0 bridgehead atoms. The fraction of sp³-hybridized carbons (Fsp3) is 0.515. The van der Waals surface area contributed by atoms with Crippen molar-refractivity contribution in [3.8, 4) is 11.8 Å². The second-order valence-electron chi connectivity index (χ2n) is 12.3. The van der Waals surface area contributed by atoms with Crippen LogP contribution in [0.15, 0.2) is 59.6 Å². The normalized spacial score (nSPS) is 17.8. The summed E-state index contributed by atoms with van der Waals surface area (Å²) in [5.41, 5.74) is 2.84. The Morgan fingerprint density at radius 2 is 1.66 bits per heavy atom. The van der Waals surface area contributed by atoms with Crippen molar-refractivity contribution in [2.45, 2.75) is 49.6 Å². The first kappa shape index (κ1) is 32.2. The van der Waals surface area contributed by atoms with E-state index in [2.05, 4.69) is 69.1 Å². The third kappa shape index (κ3) is 6.71. The molecule has 0 aliphatic carbocycles. The average Bonchev–Trinajstić information content (AvgIpc) is 2.99. The molecule has 2 aliphatic rings. The topological polar surface area (TPSA) is 91.3 Å². The molecule has 0 unspecified atom stereocenters. The fourth-order valence-corrected chi connectivity index (χ4v) is 8.44. The summed E-state index contributed by atoms with van der Waals surface area (Å²) in [4.78, 5) is 16.3. The van der Waals surface area contributed by atoms with Crippen molar-refractivity contribution in [2.24, 2.45) is 0 Å². The smallest absolute Gasteiger partial charge is 0.318 e. The largest absolute Gasteiger partial charge is 0.497 e. The first-order chi connectivity index (χ1) is 21.0. The van der Waals surface area contributed by atoms with E-state index in [9.17, 15) is 8.42 Å². The predicted octanol–water partition coefficient (Wildman–Crippen LogP) is 3.93. The number of methoxy groups -OCH3 is 1. The second-order valence-corrected chi connectivity index (χ2v) is 14.1. The van der Waals surface area contributed by atoms with Gasteiger partial charge in [0.05, 0.1) is 25.1 Å². The maximum Gasteiger partial charge on any atom is 0.318 e. The van der Waals surface area contributed by atoms with Crippen molar-refractivity contribution in [1.82, 2.24) is 24.1 Å². The van der Waals surface area contributed by atoms with Gasteiger partial charge in [0.25, 0.3) is 0 Å². The molecule has 0 radical (unpaired) electrons. The highest BCUT2D eigenvalue weighted by Crippen LogP contribution is 2.37. The van der Waals surface area contributed by atoms with E-state index in [4.69, 9.17) is 9.47 Å². The number of ether oxygens (including phenoxy) is 2. The van der Waals surface area contributed by atoms with Crippen LogP contribution in [-0.2, 0) is 15.6 Å². The average molecular weight is 623 g/mol. The molecule has 11 heteroatoms. The quantitative estimate of drug-likeness (QED) is 0.298. The third-order valence-electron chi connectivity index (χ3n) is 9.18. The molecule has 3 aromatic rings. The number of likely N-dealkylation sites (tertiary alicyclic amines) is 1. The van der Waals surface area contributed by atoms with E-state index in [1.807, 2.05) is 13.1 Å². The Morgan fingerprint density at radius 3 is 2.27 bits per heavy atom. The van der Waals surface area contributed by atoms with E-state index in [0.29, 0.717) is 21.8 Å². The Hall–Kier alpha value is -3.25. The Morgan fingerprint density at radius 1 is 1.00 bits per heavy atom. The minimum Gasteiger partial charge on any atom is -0.497 e. The van der Waals surface area contributed by atoms with Crippen LogP contribution >= 0.6 is 0 Å². The molecule has 0 N–H and O–H groups in total. The molecule has 1 aromatic heterocycles. The molecule has 238 valence electrons. The fourth-order valence-electron chi connectivity index (χ4n) is 6.52. The van der Waals surface area contributed by atoms with E-state index in [-0.39, 0.29) is 30.7 Å². The summed E-state index contributed by atoms with van der Waals surface area (Å²) < 4.78 is 39.4. The van der Waals surface area contributed by atoms with Crippen LogP contribution in [0.3, 0.4) is 0 Å². The summed E-state index contributed by atoms with van der Waals surface area (Å²) in [6.07, 6.45) is 4.66. The van der Waals surface area contributed by atoms with Crippen LogP contribution in [0.25, 0.3) is 0 Å². The number of anilines is 1. The van der Waals surface area contributed by atoms with Gasteiger partial charge in [-0.15, -0.1) is 0 Å². The van der Waals surface area contributed by atoms with Gasteiger partial charge in [0.15, 0.2) is 0 Å². The summed E-state index contributed by atoms with van der Waals surface area (Å²) in [6, 6.07) is 16.5. The zero-order chi connectivity index (χ0) is 31.5. The number of rotatable bonds is 12. The Labute approximate surface area is 262 Å². The van der Waals surface area contributed by atoms with Gasteiger partial charge in [-0.3, -0.25) is 4.90 Å². The SMILES string of the molecule is COc1cc(C)c(S(=O)(=O)N2CC(Oc3nccc(N(C)CCCN4CCC(c5ccccc5)(N(C)C)CC4)n3)C2)c(C)c1. The Kier molecular flexibility index (Phi) is 9.79. The number of piperidine rings is 1. The molecule has 2 aromatic carbocycles. The lowest BCUT2D eigenvalue weighted by atomic mass is 9.80. The number of sulfonamides is 1. The van der Waals surface area contributed by atoms with E-state index >= 15 is 0 Å². The van der Waals surface area contributed by atoms with Crippen LogP contribution < -0.4 is 14.4 Å². The standard InChI is InChI=1S/C33H46N6O4S/c1-25-21-28(42-6)22-26(2)31(25)44(40,41)39-23-29(24-39)43-32-34-16-13-30(35-32)37(5)17-10-18-38-19-14-33(15-20-38,36(3)4)27-11-8-7-9-12-27/h7-9,11-13,16,21-22,29H,10,14-15,17-20,23-24H2,1-6H3. The van der Waals surface area contributed by atoms with Crippen molar-refractivity contribution in [1.29, 1.82) is 0 Å². The first-order valence-electron chi connectivity index (χ1n) is 15.3. The molecule has 44 heavy (non-hydrogen) atoms. The molecular formula is C33H46N6O4S. The third-order valence-corrected chi connectivity index (χ3v) is 11.3. The van der Waals surface area contributed by atoms with E-state index < -0.39 is 10.0 Å². The highest BCUT2D eigenvalue weighted by molar-refractivity contribution is 7.89. The van der Waals surface area contributed by atoms with Gasteiger partial charge in [-0.05, 0) is 88.6 Å². The van der Waals surface area contributed by atoms with E-state index in [1.165, 1.54) is 9.87 Å². The molecule has 3 heterocycles. The molecule has 0 saturated carbocycles. The van der Waals surface area contributed by atoms with Gasteiger partial charge in [0.2, 0.25) is 10.0 Å². The van der Waals surface area contributed by atoms with Crippen molar-refractivity contribution in [3.63, 3.8) is 0 Å². The number of hydrogen-bond donors (Lipinski definition) is 0. The second kappa shape index (κ2) is 13.4. The number of nitrogens with zero attached hydrogens (tertiary/aromatic N) is 6. The van der Waals surface area contributed by atoms with Gasteiger partial charge >= 0.3 is 6.01 Å². The van der Waals surface area contributed by atoms with E-state index in [0.717, 1.165) is 51.3 Å². The summed E-state index contributed by atoms with van der Waals surface area (Å²) in [5, 5.41) is 0. The monoisotopic (exact) mass is 622 g/mol. The molecule has 2 fully saturated rings. The van der Waals surface area contributed by atoms with Gasteiger partial charge in [-0.2, -0.15) is 9.29 Å². The number of hydrogen-bond acceptors (Lipinski definition) is 9.